The number of hydrogen-bond donors (Lipinski definition) is 8. The molecule has 0 saturated heterocycles. The lowest BCUT2D eigenvalue weighted by Crippen LogP contribution is -2.65. The van der Waals surface area contributed by atoms with E-state index in [0.29, 0.717) is 0 Å². The van der Waals surface area contributed by atoms with E-state index < -0.39 is 42.9 Å². The number of nitrogens with two attached hydrogens (primary N) is 1. The van der Waals surface area contributed by atoms with Gasteiger partial charge in [-0.2, -0.15) is 0 Å². The first-order valence-electron chi connectivity index (χ1n) is 4.68. The molecule has 8 nitrogen and oxygen atoms in total. The van der Waals surface area contributed by atoms with Crippen molar-refractivity contribution in [2.24, 2.45) is 5.73 Å². The molecule has 98 valence electrons. The summed E-state index contributed by atoms with van der Waals surface area (Å²) in [5, 5.41) is 63.9. The zero-order chi connectivity index (χ0) is 13.1. The second-order valence-corrected chi connectivity index (χ2v) is 3.74. The van der Waals surface area contributed by atoms with Crippen molar-refractivity contribution in [2.45, 2.75) is 43.2 Å². The second-order valence-electron chi connectivity index (χ2n) is 3.74. The number of aliphatic hydroxyl groups excluding tert-OH is 6. The van der Waals surface area contributed by atoms with Crippen LogP contribution in [0.1, 0.15) is 6.92 Å². The Balaban J connectivity index is 4.66. The molecular weight excluding hydrogens is 222 g/mol. The van der Waals surface area contributed by atoms with Gasteiger partial charge in [0.1, 0.15) is 24.4 Å². The highest BCUT2D eigenvalue weighted by atomic mass is 16.4. The van der Waals surface area contributed by atoms with Crippen molar-refractivity contribution in [1.29, 1.82) is 0 Å². The van der Waals surface area contributed by atoms with Gasteiger partial charge in [0.05, 0.1) is 12.7 Å². The Kier molecular flexibility index (Phi) is 5.73. The lowest BCUT2D eigenvalue weighted by atomic mass is 9.92. The standard InChI is InChI=1S/C8H19NO7/c1-3(11)8(9,16)7(15)6(14)5(13)4(12)2-10/h3-7,10-16H,2,9H2,1H3/t3?,4-,5-,6+,7-,8?/m1/s1. The Labute approximate surface area is 92.2 Å². The predicted octanol–water partition coefficient (Wildman–Crippen LogP) is -4.55. The smallest absolute Gasteiger partial charge is 0.168 e. The van der Waals surface area contributed by atoms with Gasteiger partial charge in [-0.3, -0.25) is 5.73 Å². The molecule has 0 bridgehead atoms. The van der Waals surface area contributed by atoms with Crippen molar-refractivity contribution >= 4 is 0 Å². The number of aliphatic hydroxyl groups is 7. The Bertz CT molecular complexity index is 211. The lowest BCUT2D eigenvalue weighted by molar-refractivity contribution is -0.199. The fraction of sp³-hybridized carbons (Fsp3) is 1.00. The zero-order valence-electron chi connectivity index (χ0n) is 8.80. The highest BCUT2D eigenvalue weighted by molar-refractivity contribution is 4.93. The maximum absolute atomic E-state index is 9.40. The monoisotopic (exact) mass is 241 g/mol. The summed E-state index contributed by atoms with van der Waals surface area (Å²) in [5.41, 5.74) is 2.58. The molecule has 0 radical (unpaired) electrons. The molecule has 0 aromatic carbocycles. The van der Waals surface area contributed by atoms with Crippen LogP contribution in [0.25, 0.3) is 0 Å². The van der Waals surface area contributed by atoms with E-state index in [1.54, 1.807) is 0 Å². The van der Waals surface area contributed by atoms with Crippen LogP contribution in [0.3, 0.4) is 0 Å². The van der Waals surface area contributed by atoms with Gasteiger partial charge in [-0.05, 0) is 6.92 Å². The Morgan fingerprint density at radius 3 is 1.81 bits per heavy atom. The topological polar surface area (TPSA) is 168 Å². The molecule has 0 heterocycles. The third kappa shape index (κ3) is 3.34. The van der Waals surface area contributed by atoms with E-state index in [4.69, 9.17) is 21.1 Å². The van der Waals surface area contributed by atoms with Crippen molar-refractivity contribution in [3.63, 3.8) is 0 Å². The van der Waals surface area contributed by atoms with Crippen molar-refractivity contribution in [3.05, 3.63) is 0 Å². The maximum atomic E-state index is 9.40. The Morgan fingerprint density at radius 1 is 1.06 bits per heavy atom. The van der Waals surface area contributed by atoms with Crippen LogP contribution in [0.15, 0.2) is 0 Å². The Hall–Kier alpha value is -0.320. The molecule has 0 amide bonds. The zero-order valence-corrected chi connectivity index (χ0v) is 8.80. The third-order valence-electron chi connectivity index (χ3n) is 2.40. The van der Waals surface area contributed by atoms with Gasteiger partial charge in [0, 0.05) is 0 Å². The van der Waals surface area contributed by atoms with Crippen molar-refractivity contribution < 1.29 is 35.7 Å². The normalized spacial score (nSPS) is 25.3. The second kappa shape index (κ2) is 5.84. The molecule has 0 aromatic rings. The molecule has 0 aliphatic heterocycles. The number of hydrogen-bond acceptors (Lipinski definition) is 8. The first-order chi connectivity index (χ1) is 7.16. The molecule has 0 aliphatic carbocycles. The Morgan fingerprint density at radius 2 is 1.50 bits per heavy atom. The van der Waals surface area contributed by atoms with Crippen LogP contribution in [-0.2, 0) is 0 Å². The van der Waals surface area contributed by atoms with Crippen LogP contribution in [0, 0.1) is 0 Å². The summed E-state index contributed by atoms with van der Waals surface area (Å²) < 4.78 is 0. The molecule has 2 unspecified atom stereocenters. The minimum Gasteiger partial charge on any atom is -0.394 e. The van der Waals surface area contributed by atoms with Crippen molar-refractivity contribution in [3.8, 4) is 0 Å². The molecule has 0 aliphatic rings. The molecule has 16 heavy (non-hydrogen) atoms. The minimum atomic E-state index is -2.55. The number of rotatable bonds is 6. The SMILES string of the molecule is CC(O)C(N)(O)[C@H](O)[C@@H](O)[C@H](O)[C@H](O)CO. The summed E-state index contributed by atoms with van der Waals surface area (Å²) in [6.45, 7) is 0.230. The van der Waals surface area contributed by atoms with E-state index in [2.05, 4.69) is 0 Å². The summed E-state index contributed by atoms with van der Waals surface area (Å²) in [4.78, 5) is 0. The average Bonchev–Trinajstić information content (AvgIpc) is 2.24. The van der Waals surface area contributed by atoms with Crippen LogP contribution < -0.4 is 5.73 Å². The molecule has 0 fully saturated rings. The van der Waals surface area contributed by atoms with E-state index in [1.807, 2.05) is 0 Å². The van der Waals surface area contributed by atoms with E-state index in [0.717, 1.165) is 6.92 Å². The first-order valence-corrected chi connectivity index (χ1v) is 4.68. The minimum absolute atomic E-state index is 0.845. The predicted molar refractivity (Wildman–Crippen MR) is 51.9 cm³/mol. The fourth-order valence-electron chi connectivity index (χ4n) is 1.04. The average molecular weight is 241 g/mol. The molecule has 6 atom stereocenters. The lowest BCUT2D eigenvalue weighted by Gasteiger charge is -2.36. The van der Waals surface area contributed by atoms with Gasteiger partial charge in [0.15, 0.2) is 5.72 Å². The molecule has 0 spiro atoms. The van der Waals surface area contributed by atoms with E-state index >= 15 is 0 Å². The van der Waals surface area contributed by atoms with Gasteiger partial charge in [-0.25, -0.2) is 0 Å². The van der Waals surface area contributed by atoms with E-state index in [1.165, 1.54) is 0 Å². The fourth-order valence-corrected chi connectivity index (χ4v) is 1.04. The van der Waals surface area contributed by atoms with Gasteiger partial charge < -0.3 is 35.7 Å². The highest BCUT2D eigenvalue weighted by Gasteiger charge is 2.44. The molecule has 0 saturated carbocycles. The first kappa shape index (κ1) is 15.7. The summed E-state index contributed by atoms with van der Waals surface area (Å²) in [6.07, 6.45) is -9.30. The summed E-state index contributed by atoms with van der Waals surface area (Å²) in [6, 6.07) is 0. The molecule has 9 N–H and O–H groups in total. The van der Waals surface area contributed by atoms with Gasteiger partial charge in [0.25, 0.3) is 0 Å². The van der Waals surface area contributed by atoms with E-state index in [-0.39, 0.29) is 0 Å². The van der Waals surface area contributed by atoms with Crippen LogP contribution in [0.2, 0.25) is 0 Å². The van der Waals surface area contributed by atoms with Crippen molar-refractivity contribution in [1.82, 2.24) is 0 Å². The summed E-state index contributed by atoms with van der Waals surface area (Å²) >= 11 is 0. The molecule has 0 rings (SSSR count). The van der Waals surface area contributed by atoms with Gasteiger partial charge in [-0.15, -0.1) is 0 Å². The van der Waals surface area contributed by atoms with Crippen LogP contribution >= 0.6 is 0 Å². The summed E-state index contributed by atoms with van der Waals surface area (Å²) in [7, 11) is 0. The van der Waals surface area contributed by atoms with Crippen LogP contribution in [-0.4, -0.2) is 78.6 Å². The quantitative estimate of drug-likeness (QED) is 0.215. The molecular formula is C8H19NO7. The van der Waals surface area contributed by atoms with Crippen LogP contribution in [0.4, 0.5) is 0 Å². The van der Waals surface area contributed by atoms with Gasteiger partial charge >= 0.3 is 0 Å². The van der Waals surface area contributed by atoms with Crippen molar-refractivity contribution in [2.75, 3.05) is 6.61 Å². The molecule has 0 aromatic heterocycles. The van der Waals surface area contributed by atoms with Gasteiger partial charge in [0.2, 0.25) is 0 Å². The summed E-state index contributed by atoms with van der Waals surface area (Å²) in [5.74, 6) is 0. The van der Waals surface area contributed by atoms with Crippen LogP contribution in [0.5, 0.6) is 0 Å². The van der Waals surface area contributed by atoms with Gasteiger partial charge in [-0.1, -0.05) is 0 Å². The third-order valence-corrected chi connectivity index (χ3v) is 2.40. The molecule has 8 heteroatoms. The largest absolute Gasteiger partial charge is 0.394 e. The maximum Gasteiger partial charge on any atom is 0.168 e. The van der Waals surface area contributed by atoms with E-state index in [9.17, 15) is 20.4 Å². The highest BCUT2D eigenvalue weighted by Crippen LogP contribution is 2.16.